The highest BCUT2D eigenvalue weighted by molar-refractivity contribution is 6.30. The van der Waals surface area contributed by atoms with Gasteiger partial charge in [-0.2, -0.15) is 0 Å². The van der Waals surface area contributed by atoms with Crippen molar-refractivity contribution < 1.29 is 14.2 Å². The van der Waals surface area contributed by atoms with Crippen molar-refractivity contribution in [3.8, 4) is 5.75 Å². The van der Waals surface area contributed by atoms with E-state index in [1.807, 2.05) is 30.3 Å². The SMILES string of the molecule is OC12CCC(c3ccccc3)C1(c1ccc(F)cc1)Oc1cc(Cl)cnc12. The first-order valence-electron chi connectivity index (χ1n) is 8.93. The van der Waals surface area contributed by atoms with Gasteiger partial charge in [-0.3, -0.25) is 4.98 Å². The Balaban J connectivity index is 1.77. The highest BCUT2D eigenvalue weighted by Gasteiger charge is 2.69. The standard InChI is InChI=1S/C22H17ClFNO2/c23-16-12-19-20(25-13-16)21(26)11-10-18(14-4-2-1-3-5-14)22(21,27-19)15-6-8-17(24)9-7-15/h1-9,12-13,18,26H,10-11H2. The number of aromatic nitrogens is 1. The van der Waals surface area contributed by atoms with E-state index in [4.69, 9.17) is 16.3 Å². The Kier molecular flexibility index (Phi) is 3.58. The zero-order valence-corrected chi connectivity index (χ0v) is 15.2. The summed E-state index contributed by atoms with van der Waals surface area (Å²) < 4.78 is 20.1. The van der Waals surface area contributed by atoms with Crippen LogP contribution in [0.15, 0.2) is 66.9 Å². The van der Waals surface area contributed by atoms with Gasteiger partial charge < -0.3 is 9.84 Å². The van der Waals surface area contributed by atoms with Crippen LogP contribution < -0.4 is 4.74 Å². The molecular weight excluding hydrogens is 365 g/mol. The molecule has 136 valence electrons. The first kappa shape index (κ1) is 16.7. The van der Waals surface area contributed by atoms with Gasteiger partial charge in [0.2, 0.25) is 0 Å². The molecule has 1 aromatic heterocycles. The normalized spacial score (nSPS) is 28.5. The van der Waals surface area contributed by atoms with Gasteiger partial charge in [0.1, 0.15) is 17.3 Å². The third-order valence-electron chi connectivity index (χ3n) is 5.86. The van der Waals surface area contributed by atoms with Crippen LogP contribution in [0.1, 0.15) is 35.6 Å². The van der Waals surface area contributed by atoms with Crippen LogP contribution in [0, 0.1) is 5.82 Å². The molecule has 0 amide bonds. The highest BCUT2D eigenvalue weighted by Crippen LogP contribution is 2.66. The van der Waals surface area contributed by atoms with Crippen LogP contribution in [-0.2, 0) is 11.2 Å². The largest absolute Gasteiger partial charge is 0.476 e. The second-order valence-corrected chi connectivity index (χ2v) is 7.64. The van der Waals surface area contributed by atoms with Crippen LogP contribution in [0.2, 0.25) is 5.02 Å². The average molecular weight is 382 g/mol. The first-order valence-corrected chi connectivity index (χ1v) is 9.31. The van der Waals surface area contributed by atoms with Crippen molar-refractivity contribution >= 4 is 11.6 Å². The summed E-state index contributed by atoms with van der Waals surface area (Å²) in [5, 5.41) is 12.3. The zero-order valence-electron chi connectivity index (χ0n) is 14.4. The smallest absolute Gasteiger partial charge is 0.175 e. The molecular formula is C22H17ClFNO2. The van der Waals surface area contributed by atoms with E-state index in [0.717, 1.165) is 17.5 Å². The van der Waals surface area contributed by atoms with Crippen LogP contribution in [0.3, 0.4) is 0 Å². The molecule has 0 saturated heterocycles. The summed E-state index contributed by atoms with van der Waals surface area (Å²) in [6.45, 7) is 0. The van der Waals surface area contributed by atoms with Gasteiger partial charge >= 0.3 is 0 Å². The number of nitrogens with zero attached hydrogens (tertiary/aromatic N) is 1. The minimum absolute atomic E-state index is 0.109. The Morgan fingerprint density at radius 1 is 1.11 bits per heavy atom. The molecule has 1 fully saturated rings. The molecule has 1 aliphatic heterocycles. The topological polar surface area (TPSA) is 42.4 Å². The van der Waals surface area contributed by atoms with E-state index in [0.29, 0.717) is 22.9 Å². The summed E-state index contributed by atoms with van der Waals surface area (Å²) >= 11 is 6.12. The molecule has 1 N–H and O–H groups in total. The lowest BCUT2D eigenvalue weighted by molar-refractivity contribution is -0.107. The van der Waals surface area contributed by atoms with Crippen molar-refractivity contribution in [1.82, 2.24) is 4.98 Å². The van der Waals surface area contributed by atoms with E-state index in [9.17, 15) is 9.50 Å². The van der Waals surface area contributed by atoms with Crippen molar-refractivity contribution in [3.63, 3.8) is 0 Å². The molecule has 3 nitrogen and oxygen atoms in total. The zero-order chi connectivity index (χ0) is 18.6. The monoisotopic (exact) mass is 381 g/mol. The summed E-state index contributed by atoms with van der Waals surface area (Å²) in [5.41, 5.74) is -0.106. The van der Waals surface area contributed by atoms with Crippen LogP contribution in [0.25, 0.3) is 0 Å². The van der Waals surface area contributed by atoms with Crippen molar-refractivity contribution in [3.05, 3.63) is 94.5 Å². The lowest BCUT2D eigenvalue weighted by Gasteiger charge is -2.39. The Bertz CT molecular complexity index is 1010. The molecule has 3 aromatic rings. The summed E-state index contributed by atoms with van der Waals surface area (Å²) in [6, 6.07) is 17.8. The summed E-state index contributed by atoms with van der Waals surface area (Å²) in [6.07, 6.45) is 2.74. The maximum atomic E-state index is 13.6. The second kappa shape index (κ2) is 5.78. The fourth-order valence-electron chi connectivity index (χ4n) is 4.75. The van der Waals surface area contributed by atoms with Gasteiger partial charge in [0.15, 0.2) is 11.2 Å². The van der Waals surface area contributed by atoms with Gasteiger partial charge in [0.05, 0.1) is 5.02 Å². The fraction of sp³-hybridized carbons (Fsp3) is 0.227. The van der Waals surface area contributed by atoms with Crippen LogP contribution >= 0.6 is 11.6 Å². The number of halogens is 2. The number of aliphatic hydroxyl groups is 1. The molecule has 3 atom stereocenters. The summed E-state index contributed by atoms with van der Waals surface area (Å²) in [4.78, 5) is 4.41. The van der Waals surface area contributed by atoms with Gasteiger partial charge in [0, 0.05) is 18.2 Å². The Labute approximate surface area is 161 Å². The molecule has 0 spiro atoms. The number of hydrogen-bond acceptors (Lipinski definition) is 3. The van der Waals surface area contributed by atoms with E-state index in [2.05, 4.69) is 4.98 Å². The molecule has 3 unspecified atom stereocenters. The van der Waals surface area contributed by atoms with Crippen molar-refractivity contribution in [2.45, 2.75) is 30.0 Å². The minimum atomic E-state index is -1.31. The maximum absolute atomic E-state index is 13.6. The number of fused-ring (bicyclic) bond motifs is 3. The molecule has 2 aromatic carbocycles. The van der Waals surface area contributed by atoms with Crippen molar-refractivity contribution in [2.75, 3.05) is 0 Å². The van der Waals surface area contributed by atoms with Gasteiger partial charge in [0.25, 0.3) is 0 Å². The molecule has 1 aliphatic carbocycles. The van der Waals surface area contributed by atoms with Crippen LogP contribution in [0.5, 0.6) is 5.75 Å². The molecule has 2 heterocycles. The number of rotatable bonds is 2. The Morgan fingerprint density at radius 2 is 1.85 bits per heavy atom. The van der Waals surface area contributed by atoms with E-state index in [1.165, 1.54) is 18.3 Å². The summed E-state index contributed by atoms with van der Waals surface area (Å²) in [7, 11) is 0. The van der Waals surface area contributed by atoms with Crippen molar-refractivity contribution in [2.24, 2.45) is 0 Å². The number of pyridine rings is 1. The number of ether oxygens (including phenoxy) is 1. The maximum Gasteiger partial charge on any atom is 0.175 e. The predicted octanol–water partition coefficient (Wildman–Crippen LogP) is 4.93. The first-order chi connectivity index (χ1) is 13.0. The van der Waals surface area contributed by atoms with E-state index < -0.39 is 11.2 Å². The second-order valence-electron chi connectivity index (χ2n) is 7.21. The van der Waals surface area contributed by atoms with Gasteiger partial charge in [-0.25, -0.2) is 4.39 Å². The molecule has 2 aliphatic rings. The van der Waals surface area contributed by atoms with Gasteiger partial charge in [-0.05, 0) is 36.1 Å². The van der Waals surface area contributed by atoms with Gasteiger partial charge in [-0.15, -0.1) is 0 Å². The van der Waals surface area contributed by atoms with Crippen LogP contribution in [-0.4, -0.2) is 10.1 Å². The third kappa shape index (κ3) is 2.20. The molecule has 0 radical (unpaired) electrons. The summed E-state index contributed by atoms with van der Waals surface area (Å²) in [5.74, 6) is 0.0433. The van der Waals surface area contributed by atoms with Crippen LogP contribution in [0.4, 0.5) is 4.39 Å². The number of hydrogen-bond donors (Lipinski definition) is 1. The van der Waals surface area contributed by atoms with Crippen molar-refractivity contribution in [1.29, 1.82) is 0 Å². The fourth-order valence-corrected chi connectivity index (χ4v) is 4.89. The minimum Gasteiger partial charge on any atom is -0.476 e. The van der Waals surface area contributed by atoms with Gasteiger partial charge in [-0.1, -0.05) is 54.1 Å². The average Bonchev–Trinajstić information content (AvgIpc) is 3.10. The Hall–Kier alpha value is -2.43. The highest BCUT2D eigenvalue weighted by atomic mass is 35.5. The molecule has 27 heavy (non-hydrogen) atoms. The lowest BCUT2D eigenvalue weighted by Crippen LogP contribution is -2.48. The molecule has 0 bridgehead atoms. The number of benzene rings is 2. The third-order valence-corrected chi connectivity index (χ3v) is 6.06. The van der Waals surface area contributed by atoms with E-state index >= 15 is 0 Å². The Morgan fingerprint density at radius 3 is 2.59 bits per heavy atom. The lowest BCUT2D eigenvalue weighted by atomic mass is 9.73. The predicted molar refractivity (Wildman–Crippen MR) is 100 cm³/mol. The van der Waals surface area contributed by atoms with E-state index in [1.54, 1.807) is 18.2 Å². The quantitative estimate of drug-likeness (QED) is 0.684. The van der Waals surface area contributed by atoms with E-state index in [-0.39, 0.29) is 11.7 Å². The molecule has 1 saturated carbocycles. The molecule has 5 heteroatoms. The molecule has 5 rings (SSSR count).